The molecule has 0 radical (unpaired) electrons. The molecule has 1 aromatic carbocycles. The van der Waals surface area contributed by atoms with Crippen LogP contribution in [0.15, 0.2) is 33.6 Å². The molecule has 124 valence electrons. The van der Waals surface area contributed by atoms with Crippen LogP contribution in [0.1, 0.15) is 20.8 Å². The Morgan fingerprint density at radius 2 is 1.77 bits per heavy atom. The van der Waals surface area contributed by atoms with E-state index in [1.54, 1.807) is 26.0 Å². The number of amides is 1. The lowest BCUT2D eigenvalue weighted by atomic mass is 10.1. The standard InChI is InChI=1S/C14H21BrN2O4S/c1-9(2)13(14(19)16-8-10(3)18)17-22(20,21)12-6-4-11(15)5-7-12/h4-7,9-10,13,17-18H,8H2,1-3H3,(H,16,19)/t10-,13+/m1/s1. The van der Waals surface area contributed by atoms with Crippen LogP contribution >= 0.6 is 15.9 Å². The molecule has 8 heteroatoms. The van der Waals surface area contributed by atoms with Crippen molar-refractivity contribution >= 4 is 31.9 Å². The molecule has 22 heavy (non-hydrogen) atoms. The van der Waals surface area contributed by atoms with Crippen LogP contribution in [0, 0.1) is 5.92 Å². The Morgan fingerprint density at radius 1 is 1.23 bits per heavy atom. The number of hydrogen-bond acceptors (Lipinski definition) is 4. The van der Waals surface area contributed by atoms with Gasteiger partial charge >= 0.3 is 0 Å². The molecule has 0 unspecified atom stereocenters. The zero-order valence-electron chi connectivity index (χ0n) is 12.7. The topological polar surface area (TPSA) is 95.5 Å². The smallest absolute Gasteiger partial charge is 0.241 e. The molecule has 6 nitrogen and oxygen atoms in total. The van der Waals surface area contributed by atoms with Crippen molar-refractivity contribution in [1.82, 2.24) is 10.0 Å². The first-order valence-electron chi connectivity index (χ1n) is 6.87. The Balaban J connectivity index is 2.90. The molecule has 0 heterocycles. The first kappa shape index (κ1) is 19.1. The van der Waals surface area contributed by atoms with Crippen molar-refractivity contribution in [3.63, 3.8) is 0 Å². The van der Waals surface area contributed by atoms with E-state index in [9.17, 15) is 18.3 Å². The maximum Gasteiger partial charge on any atom is 0.241 e. The van der Waals surface area contributed by atoms with Gasteiger partial charge in [0.2, 0.25) is 15.9 Å². The van der Waals surface area contributed by atoms with Crippen LogP contribution in [-0.2, 0) is 14.8 Å². The van der Waals surface area contributed by atoms with Gasteiger partial charge in [-0.05, 0) is 37.1 Å². The van der Waals surface area contributed by atoms with Crippen LogP contribution < -0.4 is 10.0 Å². The maximum absolute atomic E-state index is 12.3. The molecule has 0 fully saturated rings. The summed E-state index contributed by atoms with van der Waals surface area (Å²) in [5.41, 5.74) is 0. The van der Waals surface area contributed by atoms with E-state index in [0.29, 0.717) is 0 Å². The minimum Gasteiger partial charge on any atom is -0.392 e. The molecular formula is C14H21BrN2O4S. The molecule has 1 aromatic rings. The Hall–Kier alpha value is -0.960. The SMILES string of the molecule is CC(C)[C@H](NS(=O)(=O)c1ccc(Br)cc1)C(=O)NC[C@@H](C)O. The summed E-state index contributed by atoms with van der Waals surface area (Å²) < 4.78 is 27.9. The number of benzene rings is 1. The molecule has 0 saturated carbocycles. The number of aliphatic hydroxyl groups excluding tert-OH is 1. The number of halogens is 1. The van der Waals surface area contributed by atoms with E-state index in [0.717, 1.165) is 4.47 Å². The lowest BCUT2D eigenvalue weighted by Crippen LogP contribution is -2.50. The molecule has 0 bridgehead atoms. The monoisotopic (exact) mass is 392 g/mol. The van der Waals surface area contributed by atoms with Gasteiger partial charge in [0, 0.05) is 11.0 Å². The number of carbonyl (C=O) groups is 1. The molecule has 0 aliphatic heterocycles. The van der Waals surface area contributed by atoms with E-state index >= 15 is 0 Å². The highest BCUT2D eigenvalue weighted by molar-refractivity contribution is 9.10. The van der Waals surface area contributed by atoms with Gasteiger partial charge in [-0.25, -0.2) is 8.42 Å². The van der Waals surface area contributed by atoms with Gasteiger partial charge in [-0.3, -0.25) is 4.79 Å². The van der Waals surface area contributed by atoms with E-state index in [1.165, 1.54) is 19.1 Å². The first-order valence-corrected chi connectivity index (χ1v) is 9.14. The number of rotatable bonds is 7. The zero-order valence-corrected chi connectivity index (χ0v) is 15.1. The minimum atomic E-state index is -3.80. The highest BCUT2D eigenvalue weighted by atomic mass is 79.9. The number of hydrogen-bond donors (Lipinski definition) is 3. The largest absolute Gasteiger partial charge is 0.392 e. The number of aliphatic hydroxyl groups is 1. The molecular weight excluding hydrogens is 372 g/mol. The van der Waals surface area contributed by atoms with Gasteiger partial charge in [0.25, 0.3) is 0 Å². The third kappa shape index (κ3) is 5.68. The summed E-state index contributed by atoms with van der Waals surface area (Å²) in [7, 11) is -3.80. The summed E-state index contributed by atoms with van der Waals surface area (Å²) in [5.74, 6) is -0.698. The summed E-state index contributed by atoms with van der Waals surface area (Å²) in [4.78, 5) is 12.2. The van der Waals surface area contributed by atoms with Gasteiger partial charge < -0.3 is 10.4 Å². The van der Waals surface area contributed by atoms with Gasteiger partial charge in [-0.1, -0.05) is 29.8 Å². The molecule has 1 rings (SSSR count). The third-order valence-electron chi connectivity index (χ3n) is 2.93. The van der Waals surface area contributed by atoms with Crippen molar-refractivity contribution in [1.29, 1.82) is 0 Å². The van der Waals surface area contributed by atoms with Crippen LogP contribution in [0.25, 0.3) is 0 Å². The first-order chi connectivity index (χ1) is 10.1. The van der Waals surface area contributed by atoms with Crippen molar-refractivity contribution in [2.24, 2.45) is 5.92 Å². The van der Waals surface area contributed by atoms with E-state index in [1.807, 2.05) is 0 Å². The predicted molar refractivity (Wildman–Crippen MR) is 87.8 cm³/mol. The van der Waals surface area contributed by atoms with Gasteiger partial charge in [0.1, 0.15) is 6.04 Å². The molecule has 0 saturated heterocycles. The fourth-order valence-electron chi connectivity index (χ4n) is 1.70. The lowest BCUT2D eigenvalue weighted by molar-refractivity contribution is -0.124. The molecule has 3 N–H and O–H groups in total. The highest BCUT2D eigenvalue weighted by Crippen LogP contribution is 2.16. The fraction of sp³-hybridized carbons (Fsp3) is 0.500. The second-order valence-corrected chi connectivity index (χ2v) is 8.02. The highest BCUT2D eigenvalue weighted by Gasteiger charge is 2.28. The van der Waals surface area contributed by atoms with Crippen LogP contribution in [0.5, 0.6) is 0 Å². The van der Waals surface area contributed by atoms with E-state index in [4.69, 9.17) is 0 Å². The van der Waals surface area contributed by atoms with Gasteiger partial charge in [0.05, 0.1) is 11.0 Å². The van der Waals surface area contributed by atoms with Gasteiger partial charge in [0.15, 0.2) is 0 Å². The number of nitrogens with one attached hydrogen (secondary N) is 2. The molecule has 0 aliphatic rings. The van der Waals surface area contributed by atoms with Crippen LogP contribution in [0.3, 0.4) is 0 Å². The van der Waals surface area contributed by atoms with Crippen molar-refractivity contribution in [2.45, 2.75) is 37.8 Å². The second kappa shape index (κ2) is 8.05. The summed E-state index contributed by atoms with van der Waals surface area (Å²) in [6, 6.07) is 5.24. The number of carbonyl (C=O) groups excluding carboxylic acids is 1. The Kier molecular flexibility index (Phi) is 6.98. The van der Waals surface area contributed by atoms with Crippen molar-refractivity contribution in [3.05, 3.63) is 28.7 Å². The van der Waals surface area contributed by atoms with Crippen molar-refractivity contribution in [3.8, 4) is 0 Å². The summed E-state index contributed by atoms with van der Waals surface area (Å²) in [5, 5.41) is 11.7. The zero-order chi connectivity index (χ0) is 16.9. The third-order valence-corrected chi connectivity index (χ3v) is 4.91. The van der Waals surface area contributed by atoms with Crippen LogP contribution in [0.2, 0.25) is 0 Å². The summed E-state index contributed by atoms with van der Waals surface area (Å²) >= 11 is 3.24. The Labute approximate surface area is 139 Å². The van der Waals surface area contributed by atoms with Crippen molar-refractivity contribution in [2.75, 3.05) is 6.54 Å². The molecule has 0 spiro atoms. The molecule has 2 atom stereocenters. The lowest BCUT2D eigenvalue weighted by Gasteiger charge is -2.22. The fourth-order valence-corrected chi connectivity index (χ4v) is 3.31. The van der Waals surface area contributed by atoms with Crippen LogP contribution in [0.4, 0.5) is 0 Å². The normalized spacial score (nSPS) is 14.6. The maximum atomic E-state index is 12.3. The number of sulfonamides is 1. The van der Waals surface area contributed by atoms with Gasteiger partial charge in [-0.15, -0.1) is 0 Å². The Bertz CT molecular complexity index is 600. The van der Waals surface area contributed by atoms with Crippen LogP contribution in [-0.4, -0.2) is 38.1 Å². The van der Waals surface area contributed by atoms with E-state index in [-0.39, 0.29) is 17.4 Å². The average Bonchev–Trinajstić information content (AvgIpc) is 2.42. The summed E-state index contributed by atoms with van der Waals surface area (Å²) in [6.45, 7) is 5.10. The summed E-state index contributed by atoms with van der Waals surface area (Å²) in [6.07, 6.45) is -0.695. The quantitative estimate of drug-likeness (QED) is 0.650. The molecule has 0 aliphatic carbocycles. The Morgan fingerprint density at radius 3 is 2.23 bits per heavy atom. The predicted octanol–water partition coefficient (Wildman–Crippen LogP) is 1.25. The second-order valence-electron chi connectivity index (χ2n) is 5.39. The molecule has 1 amide bonds. The van der Waals surface area contributed by atoms with Gasteiger partial charge in [-0.2, -0.15) is 4.72 Å². The average molecular weight is 393 g/mol. The van der Waals surface area contributed by atoms with E-state index in [2.05, 4.69) is 26.0 Å². The van der Waals surface area contributed by atoms with E-state index < -0.39 is 28.1 Å². The van der Waals surface area contributed by atoms with Crippen molar-refractivity contribution < 1.29 is 18.3 Å². The molecule has 0 aromatic heterocycles. The minimum absolute atomic E-state index is 0.0715.